The van der Waals surface area contributed by atoms with Crippen LogP contribution in [0, 0.1) is 0 Å². The lowest BCUT2D eigenvalue weighted by molar-refractivity contribution is 0.669. The van der Waals surface area contributed by atoms with Gasteiger partial charge >= 0.3 is 0 Å². The molecule has 0 atom stereocenters. The van der Waals surface area contributed by atoms with Gasteiger partial charge in [-0.25, -0.2) is 15.0 Å². The van der Waals surface area contributed by atoms with E-state index in [1.807, 2.05) is 48.5 Å². The lowest BCUT2D eigenvalue weighted by Crippen LogP contribution is -2.00. The first-order chi connectivity index (χ1) is 23.3. The fourth-order valence-corrected chi connectivity index (χ4v) is 6.44. The molecule has 0 N–H and O–H groups in total. The zero-order valence-corrected chi connectivity index (χ0v) is 25.3. The van der Waals surface area contributed by atoms with Crippen molar-refractivity contribution in [3.63, 3.8) is 0 Å². The Balaban J connectivity index is 1.23. The predicted octanol–water partition coefficient (Wildman–Crippen LogP) is 11.3. The van der Waals surface area contributed by atoms with Crippen molar-refractivity contribution in [1.29, 1.82) is 0 Å². The van der Waals surface area contributed by atoms with E-state index in [1.54, 1.807) is 0 Å². The molecular weight excluding hydrogens is 574 g/mol. The van der Waals surface area contributed by atoms with Gasteiger partial charge in [-0.3, -0.25) is 0 Å². The quantitative estimate of drug-likeness (QED) is 0.197. The number of aromatic nitrogens is 3. The maximum Gasteiger partial charge on any atom is 0.164 e. The second-order valence-corrected chi connectivity index (χ2v) is 11.6. The molecule has 0 saturated carbocycles. The van der Waals surface area contributed by atoms with Gasteiger partial charge in [0.25, 0.3) is 0 Å². The fraction of sp³-hybridized carbons (Fsp3) is 0. The molecule has 4 nitrogen and oxygen atoms in total. The summed E-state index contributed by atoms with van der Waals surface area (Å²) in [6.07, 6.45) is 0. The predicted molar refractivity (Wildman–Crippen MR) is 192 cm³/mol. The first-order valence-corrected chi connectivity index (χ1v) is 15.7. The SMILES string of the molecule is c1ccc(-c2ccc(-c3nc(-c4ccccc4)nc(-c4cccc5oc6ccc(-c7cccc8ccccc78)cc6c45)n3)cc2)cc1. The van der Waals surface area contributed by atoms with Gasteiger partial charge in [0, 0.05) is 27.5 Å². The summed E-state index contributed by atoms with van der Waals surface area (Å²) in [5, 5.41) is 4.44. The smallest absolute Gasteiger partial charge is 0.164 e. The normalized spacial score (nSPS) is 11.4. The van der Waals surface area contributed by atoms with E-state index in [9.17, 15) is 0 Å². The monoisotopic (exact) mass is 601 g/mol. The zero-order chi connectivity index (χ0) is 31.2. The van der Waals surface area contributed by atoms with E-state index in [1.165, 1.54) is 21.9 Å². The Labute approximate surface area is 271 Å². The Morgan fingerprint density at radius 1 is 0.340 bits per heavy atom. The Bertz CT molecular complexity index is 2550. The van der Waals surface area contributed by atoms with Gasteiger partial charge in [0.2, 0.25) is 0 Å². The summed E-state index contributed by atoms with van der Waals surface area (Å²) in [7, 11) is 0. The van der Waals surface area contributed by atoms with E-state index in [-0.39, 0.29) is 0 Å². The van der Waals surface area contributed by atoms with Crippen molar-refractivity contribution >= 4 is 32.7 Å². The molecule has 0 unspecified atom stereocenters. The highest BCUT2D eigenvalue weighted by Gasteiger charge is 2.18. The molecule has 9 rings (SSSR count). The number of hydrogen-bond donors (Lipinski definition) is 0. The van der Waals surface area contributed by atoms with Crippen molar-refractivity contribution < 1.29 is 4.42 Å². The van der Waals surface area contributed by atoms with Crippen molar-refractivity contribution in [2.24, 2.45) is 0 Å². The molecule has 0 radical (unpaired) electrons. The van der Waals surface area contributed by atoms with Gasteiger partial charge in [0.1, 0.15) is 11.2 Å². The summed E-state index contributed by atoms with van der Waals surface area (Å²) in [6, 6.07) is 56.3. The molecule has 47 heavy (non-hydrogen) atoms. The molecule has 0 bridgehead atoms. The molecule has 7 aromatic carbocycles. The Morgan fingerprint density at radius 3 is 1.68 bits per heavy atom. The van der Waals surface area contributed by atoms with Crippen LogP contribution in [0.5, 0.6) is 0 Å². The number of nitrogens with zero attached hydrogens (tertiary/aromatic N) is 3. The summed E-state index contributed by atoms with van der Waals surface area (Å²) >= 11 is 0. The van der Waals surface area contributed by atoms with Crippen LogP contribution in [0.1, 0.15) is 0 Å². The van der Waals surface area contributed by atoms with Crippen molar-refractivity contribution in [1.82, 2.24) is 15.0 Å². The molecule has 4 heteroatoms. The molecule has 2 heterocycles. The molecule has 0 aliphatic carbocycles. The van der Waals surface area contributed by atoms with Gasteiger partial charge in [-0.15, -0.1) is 0 Å². The molecule has 0 amide bonds. The maximum absolute atomic E-state index is 6.41. The molecule has 0 aliphatic rings. The molecule has 220 valence electrons. The third-order valence-corrected chi connectivity index (χ3v) is 8.75. The minimum atomic E-state index is 0.602. The van der Waals surface area contributed by atoms with E-state index < -0.39 is 0 Å². The summed E-state index contributed by atoms with van der Waals surface area (Å²) in [5.41, 5.74) is 9.00. The van der Waals surface area contributed by atoms with E-state index in [0.29, 0.717) is 17.5 Å². The lowest BCUT2D eigenvalue weighted by Gasteiger charge is -2.10. The van der Waals surface area contributed by atoms with Crippen molar-refractivity contribution in [3.8, 4) is 56.4 Å². The number of rotatable bonds is 5. The molecule has 2 aromatic heterocycles. The van der Waals surface area contributed by atoms with Gasteiger partial charge in [-0.05, 0) is 51.2 Å². The van der Waals surface area contributed by atoms with Crippen LogP contribution in [0.25, 0.3) is 89.1 Å². The Hall–Kier alpha value is -6.39. The van der Waals surface area contributed by atoms with Crippen LogP contribution in [0.4, 0.5) is 0 Å². The van der Waals surface area contributed by atoms with E-state index in [0.717, 1.165) is 49.8 Å². The highest BCUT2D eigenvalue weighted by atomic mass is 16.3. The molecule has 0 fully saturated rings. The first-order valence-electron chi connectivity index (χ1n) is 15.7. The van der Waals surface area contributed by atoms with Gasteiger partial charge in [-0.1, -0.05) is 146 Å². The average Bonchev–Trinajstić information content (AvgIpc) is 3.53. The van der Waals surface area contributed by atoms with E-state index >= 15 is 0 Å². The largest absolute Gasteiger partial charge is 0.456 e. The Kier molecular flexibility index (Phi) is 6.43. The second-order valence-electron chi connectivity index (χ2n) is 11.6. The standard InChI is InChI=1S/C43H27N3O/c1-3-11-28(12-4-1)29-21-23-32(24-22-29)42-44-41(31-14-5-2-6-15-31)45-43(46-42)36-19-10-20-39-40(36)37-27-33(25-26-38(37)47-39)35-18-9-16-30-13-7-8-17-34(30)35/h1-27H. The second kappa shape index (κ2) is 11.2. The minimum absolute atomic E-state index is 0.602. The third kappa shape index (κ3) is 4.84. The zero-order valence-electron chi connectivity index (χ0n) is 25.3. The van der Waals surface area contributed by atoms with Gasteiger partial charge in [0.15, 0.2) is 17.5 Å². The Morgan fingerprint density at radius 2 is 0.894 bits per heavy atom. The van der Waals surface area contributed by atoms with E-state index in [2.05, 4.69) is 115 Å². The fourth-order valence-electron chi connectivity index (χ4n) is 6.44. The number of benzene rings is 7. The third-order valence-electron chi connectivity index (χ3n) is 8.75. The summed E-state index contributed by atoms with van der Waals surface area (Å²) in [6.45, 7) is 0. The number of hydrogen-bond acceptors (Lipinski definition) is 4. The van der Waals surface area contributed by atoms with Crippen LogP contribution >= 0.6 is 0 Å². The summed E-state index contributed by atoms with van der Waals surface area (Å²) in [4.78, 5) is 15.1. The molecular formula is C43H27N3O. The topological polar surface area (TPSA) is 51.8 Å². The summed E-state index contributed by atoms with van der Waals surface area (Å²) in [5.74, 6) is 1.85. The molecule has 0 saturated heterocycles. The molecule has 0 spiro atoms. The summed E-state index contributed by atoms with van der Waals surface area (Å²) < 4.78 is 6.41. The lowest BCUT2D eigenvalue weighted by atomic mass is 9.96. The molecule has 0 aliphatic heterocycles. The van der Waals surface area contributed by atoms with Crippen LogP contribution in [0.3, 0.4) is 0 Å². The van der Waals surface area contributed by atoms with Gasteiger partial charge in [-0.2, -0.15) is 0 Å². The number of furan rings is 1. The maximum atomic E-state index is 6.41. The van der Waals surface area contributed by atoms with Crippen molar-refractivity contribution in [2.45, 2.75) is 0 Å². The van der Waals surface area contributed by atoms with Crippen LogP contribution in [-0.4, -0.2) is 15.0 Å². The highest BCUT2D eigenvalue weighted by Crippen LogP contribution is 2.39. The van der Waals surface area contributed by atoms with Crippen LogP contribution in [0.2, 0.25) is 0 Å². The van der Waals surface area contributed by atoms with E-state index in [4.69, 9.17) is 19.4 Å². The highest BCUT2D eigenvalue weighted by molar-refractivity contribution is 6.13. The van der Waals surface area contributed by atoms with Crippen molar-refractivity contribution in [3.05, 3.63) is 164 Å². The average molecular weight is 602 g/mol. The minimum Gasteiger partial charge on any atom is -0.456 e. The molecule has 9 aromatic rings. The first kappa shape index (κ1) is 27.0. The van der Waals surface area contributed by atoms with Crippen LogP contribution in [0.15, 0.2) is 168 Å². The van der Waals surface area contributed by atoms with Gasteiger partial charge in [0.05, 0.1) is 0 Å². The van der Waals surface area contributed by atoms with Crippen molar-refractivity contribution in [2.75, 3.05) is 0 Å². The van der Waals surface area contributed by atoms with Gasteiger partial charge < -0.3 is 4.42 Å². The van der Waals surface area contributed by atoms with Crippen LogP contribution < -0.4 is 0 Å². The number of fused-ring (bicyclic) bond motifs is 4. The van der Waals surface area contributed by atoms with Crippen LogP contribution in [-0.2, 0) is 0 Å².